The highest BCUT2D eigenvalue weighted by molar-refractivity contribution is 5.92. The number of anilines is 2. The van der Waals surface area contributed by atoms with E-state index in [1.807, 2.05) is 25.1 Å². The van der Waals surface area contributed by atoms with Crippen LogP contribution in [0.1, 0.15) is 31.2 Å². The number of amides is 1. The fraction of sp³-hybridized carbons (Fsp3) is 0.533. The van der Waals surface area contributed by atoms with Gasteiger partial charge in [0.05, 0.1) is 0 Å². The van der Waals surface area contributed by atoms with Gasteiger partial charge in [-0.05, 0) is 44.5 Å². The van der Waals surface area contributed by atoms with Crippen LogP contribution < -0.4 is 11.1 Å². The third-order valence-electron chi connectivity index (χ3n) is 3.93. The predicted octanol–water partition coefficient (Wildman–Crippen LogP) is 2.39. The molecule has 1 fully saturated rings. The summed E-state index contributed by atoms with van der Waals surface area (Å²) < 4.78 is 0. The molecule has 1 saturated carbocycles. The molecular weight excluding hydrogens is 238 g/mol. The van der Waals surface area contributed by atoms with Gasteiger partial charge in [-0.3, -0.25) is 4.79 Å². The molecule has 0 aliphatic heterocycles. The van der Waals surface area contributed by atoms with Crippen molar-refractivity contribution in [1.29, 1.82) is 0 Å². The van der Waals surface area contributed by atoms with Crippen LogP contribution in [0.15, 0.2) is 18.2 Å². The highest BCUT2D eigenvalue weighted by Crippen LogP contribution is 2.23. The number of aryl methyl sites for hydroxylation is 1. The molecule has 1 aliphatic rings. The molecule has 3 N–H and O–H groups in total. The normalized spacial score (nSPS) is 15.3. The molecule has 0 heterocycles. The van der Waals surface area contributed by atoms with E-state index >= 15 is 0 Å². The summed E-state index contributed by atoms with van der Waals surface area (Å²) >= 11 is 0. The van der Waals surface area contributed by atoms with Gasteiger partial charge in [0.25, 0.3) is 0 Å². The van der Waals surface area contributed by atoms with Crippen molar-refractivity contribution in [3.8, 4) is 0 Å². The number of carbonyl (C=O) groups is 1. The van der Waals surface area contributed by atoms with Crippen molar-refractivity contribution < 1.29 is 4.79 Å². The molecule has 4 nitrogen and oxygen atoms in total. The van der Waals surface area contributed by atoms with E-state index in [-0.39, 0.29) is 5.91 Å². The van der Waals surface area contributed by atoms with Crippen molar-refractivity contribution in [1.82, 2.24) is 4.90 Å². The zero-order valence-corrected chi connectivity index (χ0v) is 11.8. The zero-order valence-electron chi connectivity index (χ0n) is 11.8. The second kappa shape index (κ2) is 6.06. The van der Waals surface area contributed by atoms with E-state index in [9.17, 15) is 4.79 Å². The Bertz CT molecular complexity index is 455. The van der Waals surface area contributed by atoms with Gasteiger partial charge >= 0.3 is 0 Å². The van der Waals surface area contributed by atoms with Gasteiger partial charge in [-0.1, -0.05) is 12.5 Å². The first kappa shape index (κ1) is 13.9. The Hall–Kier alpha value is -1.55. The Kier molecular flexibility index (Phi) is 4.43. The van der Waals surface area contributed by atoms with Gasteiger partial charge < -0.3 is 16.0 Å². The second-order valence-corrected chi connectivity index (χ2v) is 5.44. The molecule has 4 heteroatoms. The lowest BCUT2D eigenvalue weighted by atomic mass is 9.92. The average molecular weight is 261 g/mol. The molecule has 0 spiro atoms. The molecule has 1 aromatic rings. The third kappa shape index (κ3) is 3.70. The molecule has 0 radical (unpaired) electrons. The molecule has 1 aliphatic carbocycles. The first-order valence-electron chi connectivity index (χ1n) is 6.92. The monoisotopic (exact) mass is 261 g/mol. The van der Waals surface area contributed by atoms with Gasteiger partial charge in [0, 0.05) is 30.4 Å². The summed E-state index contributed by atoms with van der Waals surface area (Å²) in [7, 11) is 2.10. The van der Waals surface area contributed by atoms with Crippen molar-refractivity contribution in [3.05, 3.63) is 23.8 Å². The summed E-state index contributed by atoms with van der Waals surface area (Å²) in [6.07, 6.45) is 4.39. The van der Waals surface area contributed by atoms with E-state index in [4.69, 9.17) is 5.73 Å². The van der Waals surface area contributed by atoms with Crippen LogP contribution in [-0.2, 0) is 4.79 Å². The van der Waals surface area contributed by atoms with E-state index in [0.717, 1.165) is 17.8 Å². The SMILES string of the molecule is Cc1ccc(N)cc1NC(=O)CCN(C)C1CCC1. The third-order valence-corrected chi connectivity index (χ3v) is 3.93. The van der Waals surface area contributed by atoms with Crippen LogP contribution >= 0.6 is 0 Å². The first-order valence-corrected chi connectivity index (χ1v) is 6.92. The van der Waals surface area contributed by atoms with Crippen molar-refractivity contribution in [2.75, 3.05) is 24.6 Å². The Morgan fingerprint density at radius 2 is 2.21 bits per heavy atom. The molecule has 0 aromatic heterocycles. The van der Waals surface area contributed by atoms with Crippen LogP contribution in [0.5, 0.6) is 0 Å². The standard InChI is InChI=1S/C15H23N3O/c1-11-6-7-12(16)10-14(11)17-15(19)8-9-18(2)13-4-3-5-13/h6-7,10,13H,3-5,8-9,16H2,1-2H3,(H,17,19). The number of nitrogens with two attached hydrogens (primary N) is 1. The van der Waals surface area contributed by atoms with E-state index in [1.165, 1.54) is 19.3 Å². The van der Waals surface area contributed by atoms with Crippen molar-refractivity contribution in [2.45, 2.75) is 38.6 Å². The van der Waals surface area contributed by atoms with Gasteiger partial charge in [0.1, 0.15) is 0 Å². The molecule has 0 unspecified atom stereocenters. The topological polar surface area (TPSA) is 58.4 Å². The fourth-order valence-corrected chi connectivity index (χ4v) is 2.27. The molecule has 19 heavy (non-hydrogen) atoms. The average Bonchev–Trinajstić information content (AvgIpc) is 2.29. The molecule has 0 atom stereocenters. The van der Waals surface area contributed by atoms with Gasteiger partial charge in [0.15, 0.2) is 0 Å². The lowest BCUT2D eigenvalue weighted by Gasteiger charge is -2.34. The van der Waals surface area contributed by atoms with E-state index < -0.39 is 0 Å². The van der Waals surface area contributed by atoms with Crippen molar-refractivity contribution in [3.63, 3.8) is 0 Å². The minimum absolute atomic E-state index is 0.0554. The van der Waals surface area contributed by atoms with Crippen LogP contribution in [0.2, 0.25) is 0 Å². The van der Waals surface area contributed by atoms with Crippen molar-refractivity contribution in [2.24, 2.45) is 0 Å². The van der Waals surface area contributed by atoms with Crippen LogP contribution in [0.3, 0.4) is 0 Å². The Morgan fingerprint density at radius 1 is 1.47 bits per heavy atom. The molecule has 0 saturated heterocycles. The molecule has 2 rings (SSSR count). The Labute approximate surface area is 115 Å². The smallest absolute Gasteiger partial charge is 0.225 e. The molecular formula is C15H23N3O. The second-order valence-electron chi connectivity index (χ2n) is 5.44. The number of carbonyl (C=O) groups excluding carboxylic acids is 1. The minimum Gasteiger partial charge on any atom is -0.399 e. The molecule has 1 amide bonds. The number of nitrogens with zero attached hydrogens (tertiary/aromatic N) is 1. The molecule has 1 aromatic carbocycles. The predicted molar refractivity (Wildman–Crippen MR) is 79.1 cm³/mol. The molecule has 0 bridgehead atoms. The number of nitrogens with one attached hydrogen (secondary N) is 1. The summed E-state index contributed by atoms with van der Waals surface area (Å²) in [6, 6.07) is 6.26. The lowest BCUT2D eigenvalue weighted by Crippen LogP contribution is -2.38. The number of nitrogen functional groups attached to an aromatic ring is 1. The summed E-state index contributed by atoms with van der Waals surface area (Å²) in [5, 5.41) is 2.94. The maximum Gasteiger partial charge on any atom is 0.225 e. The minimum atomic E-state index is 0.0554. The lowest BCUT2D eigenvalue weighted by molar-refractivity contribution is -0.116. The van der Waals surface area contributed by atoms with Gasteiger partial charge in [-0.15, -0.1) is 0 Å². The number of hydrogen-bond acceptors (Lipinski definition) is 3. The fourth-order valence-electron chi connectivity index (χ4n) is 2.27. The zero-order chi connectivity index (χ0) is 13.8. The van der Waals surface area contributed by atoms with Crippen molar-refractivity contribution >= 4 is 17.3 Å². The van der Waals surface area contributed by atoms with Gasteiger partial charge in [-0.2, -0.15) is 0 Å². The van der Waals surface area contributed by atoms with E-state index in [2.05, 4.69) is 17.3 Å². The number of rotatable bonds is 5. The maximum atomic E-state index is 11.9. The van der Waals surface area contributed by atoms with Gasteiger partial charge in [-0.25, -0.2) is 0 Å². The van der Waals surface area contributed by atoms with Crippen LogP contribution in [-0.4, -0.2) is 30.4 Å². The van der Waals surface area contributed by atoms with Gasteiger partial charge in [0.2, 0.25) is 5.91 Å². The summed E-state index contributed by atoms with van der Waals surface area (Å²) in [5.41, 5.74) is 8.26. The Morgan fingerprint density at radius 3 is 2.84 bits per heavy atom. The van der Waals surface area contributed by atoms with E-state index in [1.54, 1.807) is 0 Å². The highest BCUT2D eigenvalue weighted by atomic mass is 16.1. The van der Waals surface area contributed by atoms with Crippen LogP contribution in [0.4, 0.5) is 11.4 Å². The number of benzene rings is 1. The quantitative estimate of drug-likeness (QED) is 0.800. The number of hydrogen-bond donors (Lipinski definition) is 2. The first-order chi connectivity index (χ1) is 9.06. The van der Waals surface area contributed by atoms with Crippen LogP contribution in [0.25, 0.3) is 0 Å². The largest absolute Gasteiger partial charge is 0.399 e. The summed E-state index contributed by atoms with van der Waals surface area (Å²) in [6.45, 7) is 2.79. The molecule has 104 valence electrons. The van der Waals surface area contributed by atoms with E-state index in [0.29, 0.717) is 18.2 Å². The Balaban J connectivity index is 1.81. The summed E-state index contributed by atoms with van der Waals surface area (Å²) in [4.78, 5) is 14.2. The maximum absolute atomic E-state index is 11.9. The summed E-state index contributed by atoms with van der Waals surface area (Å²) in [5.74, 6) is 0.0554. The highest BCUT2D eigenvalue weighted by Gasteiger charge is 2.21. The van der Waals surface area contributed by atoms with Crippen LogP contribution in [0, 0.1) is 6.92 Å².